The van der Waals surface area contributed by atoms with Crippen LogP contribution in [0.5, 0.6) is 0 Å². The van der Waals surface area contributed by atoms with Crippen LogP contribution in [0, 0.1) is 0 Å². The van der Waals surface area contributed by atoms with Crippen molar-refractivity contribution in [3.8, 4) is 0 Å². The third-order valence-corrected chi connectivity index (χ3v) is 4.16. The second kappa shape index (κ2) is 5.26. The summed E-state index contributed by atoms with van der Waals surface area (Å²) in [7, 11) is -3.42. The molecule has 0 spiro atoms. The van der Waals surface area contributed by atoms with Gasteiger partial charge >= 0.3 is 0 Å². The first-order valence-electron chi connectivity index (χ1n) is 6.07. The standard InChI is InChI=1S/C12H19N3O2S/c1-9(2)14-18(16,17)15-11-7-10-5-3-4-6-12(10)13-8-11/h3-6,9,11,13-15H,7-8H2,1-2H3. The molecule has 0 aliphatic carbocycles. The fourth-order valence-electron chi connectivity index (χ4n) is 2.09. The second-order valence-electron chi connectivity index (χ2n) is 4.83. The average Bonchev–Trinajstić information content (AvgIpc) is 2.26. The lowest BCUT2D eigenvalue weighted by Gasteiger charge is -2.27. The predicted molar refractivity (Wildman–Crippen MR) is 72.8 cm³/mol. The number of fused-ring (bicyclic) bond motifs is 1. The van der Waals surface area contributed by atoms with Crippen molar-refractivity contribution in [1.82, 2.24) is 9.44 Å². The van der Waals surface area contributed by atoms with E-state index in [-0.39, 0.29) is 12.1 Å². The van der Waals surface area contributed by atoms with E-state index in [2.05, 4.69) is 14.8 Å². The molecule has 18 heavy (non-hydrogen) atoms. The zero-order chi connectivity index (χ0) is 13.2. The number of nitrogens with one attached hydrogen (secondary N) is 3. The van der Waals surface area contributed by atoms with Crippen molar-refractivity contribution in [2.45, 2.75) is 32.4 Å². The third kappa shape index (κ3) is 3.44. The van der Waals surface area contributed by atoms with Crippen LogP contribution in [0.25, 0.3) is 0 Å². The van der Waals surface area contributed by atoms with Crippen LogP contribution < -0.4 is 14.8 Å². The van der Waals surface area contributed by atoms with E-state index in [0.717, 1.165) is 11.3 Å². The van der Waals surface area contributed by atoms with Crippen LogP contribution in [0.1, 0.15) is 19.4 Å². The van der Waals surface area contributed by atoms with Crippen LogP contribution in [0.3, 0.4) is 0 Å². The van der Waals surface area contributed by atoms with E-state index in [4.69, 9.17) is 0 Å². The molecule has 1 aromatic carbocycles. The molecule has 1 heterocycles. The molecule has 100 valence electrons. The minimum absolute atomic E-state index is 0.105. The average molecular weight is 269 g/mol. The van der Waals surface area contributed by atoms with E-state index in [9.17, 15) is 8.42 Å². The van der Waals surface area contributed by atoms with Crippen LogP contribution in [-0.4, -0.2) is 27.0 Å². The number of hydrogen-bond donors (Lipinski definition) is 3. The minimum Gasteiger partial charge on any atom is -0.383 e. The Bertz CT molecular complexity index is 514. The maximum absolute atomic E-state index is 11.8. The number of rotatable bonds is 4. The van der Waals surface area contributed by atoms with Gasteiger partial charge in [0.05, 0.1) is 0 Å². The maximum atomic E-state index is 11.8. The van der Waals surface area contributed by atoms with Gasteiger partial charge in [0.1, 0.15) is 0 Å². The largest absolute Gasteiger partial charge is 0.383 e. The second-order valence-corrected chi connectivity index (χ2v) is 6.31. The highest BCUT2D eigenvalue weighted by Gasteiger charge is 2.22. The van der Waals surface area contributed by atoms with Crippen molar-refractivity contribution in [2.75, 3.05) is 11.9 Å². The molecule has 2 rings (SSSR count). The molecule has 1 unspecified atom stereocenters. The molecule has 0 aromatic heterocycles. The van der Waals surface area contributed by atoms with Crippen LogP contribution in [0.2, 0.25) is 0 Å². The molecular weight excluding hydrogens is 250 g/mol. The van der Waals surface area contributed by atoms with Gasteiger partial charge in [0.2, 0.25) is 0 Å². The minimum atomic E-state index is -3.42. The highest BCUT2D eigenvalue weighted by molar-refractivity contribution is 7.87. The predicted octanol–water partition coefficient (Wildman–Crippen LogP) is 0.856. The molecule has 0 saturated heterocycles. The quantitative estimate of drug-likeness (QED) is 0.759. The zero-order valence-corrected chi connectivity index (χ0v) is 11.4. The van der Waals surface area contributed by atoms with Gasteiger partial charge in [-0.3, -0.25) is 0 Å². The lowest BCUT2D eigenvalue weighted by Crippen LogP contribution is -2.49. The van der Waals surface area contributed by atoms with Crippen molar-refractivity contribution in [3.63, 3.8) is 0 Å². The van der Waals surface area contributed by atoms with Crippen molar-refractivity contribution >= 4 is 15.9 Å². The van der Waals surface area contributed by atoms with Crippen molar-refractivity contribution in [3.05, 3.63) is 29.8 Å². The van der Waals surface area contributed by atoms with Crippen LogP contribution in [0.15, 0.2) is 24.3 Å². The van der Waals surface area contributed by atoms with Crippen LogP contribution in [-0.2, 0) is 16.6 Å². The first-order chi connectivity index (χ1) is 8.46. The Morgan fingerprint density at radius 2 is 2.06 bits per heavy atom. The summed E-state index contributed by atoms with van der Waals surface area (Å²) in [5.41, 5.74) is 2.23. The summed E-state index contributed by atoms with van der Waals surface area (Å²) in [6, 6.07) is 7.73. The van der Waals surface area contributed by atoms with Gasteiger partial charge in [0, 0.05) is 24.3 Å². The fraction of sp³-hybridized carbons (Fsp3) is 0.500. The summed E-state index contributed by atoms with van der Waals surface area (Å²) in [6.07, 6.45) is 0.710. The normalized spacial score (nSPS) is 19.4. The summed E-state index contributed by atoms with van der Waals surface area (Å²) < 4.78 is 28.7. The van der Waals surface area contributed by atoms with Crippen LogP contribution >= 0.6 is 0 Å². The van der Waals surface area contributed by atoms with Gasteiger partial charge in [-0.05, 0) is 31.9 Å². The topological polar surface area (TPSA) is 70.2 Å². The van der Waals surface area contributed by atoms with Crippen molar-refractivity contribution in [2.24, 2.45) is 0 Å². The van der Waals surface area contributed by atoms with Gasteiger partial charge in [-0.15, -0.1) is 0 Å². The summed E-state index contributed by atoms with van der Waals surface area (Å²) in [5.74, 6) is 0. The number of anilines is 1. The van der Waals surface area contributed by atoms with Crippen molar-refractivity contribution in [1.29, 1.82) is 0 Å². The van der Waals surface area contributed by atoms with Gasteiger partial charge in [-0.25, -0.2) is 0 Å². The Hall–Kier alpha value is -1.11. The van der Waals surface area contributed by atoms with E-state index in [0.29, 0.717) is 13.0 Å². The Balaban J connectivity index is 2.02. The maximum Gasteiger partial charge on any atom is 0.277 e. The Kier molecular flexibility index (Phi) is 3.89. The number of hydrogen-bond acceptors (Lipinski definition) is 3. The van der Waals surface area contributed by atoms with E-state index in [1.165, 1.54) is 0 Å². The molecule has 6 heteroatoms. The summed E-state index contributed by atoms with van der Waals surface area (Å²) in [5, 5.41) is 3.23. The molecule has 5 nitrogen and oxygen atoms in total. The molecule has 1 aliphatic heterocycles. The first kappa shape index (κ1) is 13.3. The zero-order valence-electron chi connectivity index (χ0n) is 10.6. The van der Waals surface area contributed by atoms with Gasteiger partial charge < -0.3 is 5.32 Å². The van der Waals surface area contributed by atoms with E-state index in [1.807, 2.05) is 24.3 Å². The highest BCUT2D eigenvalue weighted by atomic mass is 32.2. The van der Waals surface area contributed by atoms with E-state index < -0.39 is 10.2 Å². The molecule has 0 amide bonds. The lowest BCUT2D eigenvalue weighted by molar-refractivity contribution is 0.527. The SMILES string of the molecule is CC(C)NS(=O)(=O)NC1CNc2ccccc2C1. The lowest BCUT2D eigenvalue weighted by atomic mass is 10.0. The molecule has 0 bridgehead atoms. The molecule has 0 saturated carbocycles. The molecule has 1 aromatic rings. The summed E-state index contributed by atoms with van der Waals surface area (Å²) >= 11 is 0. The summed E-state index contributed by atoms with van der Waals surface area (Å²) in [6.45, 7) is 4.21. The van der Waals surface area contributed by atoms with Gasteiger partial charge in [0.25, 0.3) is 10.2 Å². The summed E-state index contributed by atoms with van der Waals surface area (Å²) in [4.78, 5) is 0. The Morgan fingerprint density at radius 1 is 1.33 bits per heavy atom. The Labute approximate surface area is 108 Å². The molecule has 1 atom stereocenters. The fourth-order valence-corrected chi connectivity index (χ4v) is 3.38. The van der Waals surface area contributed by atoms with Crippen molar-refractivity contribution < 1.29 is 8.42 Å². The molecule has 1 aliphatic rings. The third-order valence-electron chi connectivity index (χ3n) is 2.74. The number of benzene rings is 1. The highest BCUT2D eigenvalue weighted by Crippen LogP contribution is 2.21. The van der Waals surface area contributed by atoms with E-state index in [1.54, 1.807) is 13.8 Å². The van der Waals surface area contributed by atoms with Gasteiger partial charge in [-0.2, -0.15) is 17.9 Å². The monoisotopic (exact) mass is 269 g/mol. The van der Waals surface area contributed by atoms with E-state index >= 15 is 0 Å². The Morgan fingerprint density at radius 3 is 2.78 bits per heavy atom. The molecular formula is C12H19N3O2S. The number of para-hydroxylation sites is 1. The molecule has 0 radical (unpaired) electrons. The van der Waals surface area contributed by atoms with Gasteiger partial charge in [-0.1, -0.05) is 18.2 Å². The first-order valence-corrected chi connectivity index (χ1v) is 7.56. The molecule has 0 fully saturated rings. The smallest absolute Gasteiger partial charge is 0.277 e. The van der Waals surface area contributed by atoms with Gasteiger partial charge in [0.15, 0.2) is 0 Å². The van der Waals surface area contributed by atoms with Crippen LogP contribution in [0.4, 0.5) is 5.69 Å². The molecule has 3 N–H and O–H groups in total.